The molecule has 4 rings (SSSR count). The highest BCUT2D eigenvalue weighted by Gasteiger charge is 2.80. The minimum absolute atomic E-state index is 0.302. The molecule has 2 saturated heterocycles. The van der Waals surface area contributed by atoms with Gasteiger partial charge in [-0.2, -0.15) is 15.8 Å². The van der Waals surface area contributed by atoms with Gasteiger partial charge in [0, 0.05) is 18.3 Å². The zero-order valence-electron chi connectivity index (χ0n) is 14.3. The quantitative estimate of drug-likeness (QED) is 0.803. The molecule has 1 saturated carbocycles. The molecule has 0 amide bonds. The number of H-pyrrole nitrogens is 1. The fourth-order valence-electron chi connectivity index (χ4n) is 5.00. The molecule has 7 heteroatoms. The van der Waals surface area contributed by atoms with E-state index in [1.54, 1.807) is 18.3 Å². The van der Waals surface area contributed by atoms with Crippen molar-refractivity contribution < 1.29 is 9.47 Å². The molecule has 2 N–H and O–H groups in total. The van der Waals surface area contributed by atoms with Crippen LogP contribution in [0.3, 0.4) is 0 Å². The van der Waals surface area contributed by atoms with E-state index in [-0.39, 0.29) is 5.90 Å². The van der Waals surface area contributed by atoms with Gasteiger partial charge in [-0.15, -0.1) is 0 Å². The van der Waals surface area contributed by atoms with E-state index in [2.05, 4.69) is 23.2 Å². The van der Waals surface area contributed by atoms with Crippen LogP contribution in [0.5, 0.6) is 0 Å². The van der Waals surface area contributed by atoms with Crippen LogP contribution in [0, 0.1) is 56.2 Å². The second-order valence-corrected chi connectivity index (χ2v) is 7.32. The summed E-state index contributed by atoms with van der Waals surface area (Å²) in [7, 11) is 0. The molecule has 4 unspecified atom stereocenters. The van der Waals surface area contributed by atoms with Gasteiger partial charge in [-0.05, 0) is 25.0 Å². The molecule has 4 atom stereocenters. The molecule has 1 aliphatic carbocycles. The van der Waals surface area contributed by atoms with Crippen molar-refractivity contribution in [2.75, 3.05) is 0 Å². The molecule has 2 bridgehead atoms. The van der Waals surface area contributed by atoms with Crippen molar-refractivity contribution in [2.45, 2.75) is 50.4 Å². The van der Waals surface area contributed by atoms with Crippen molar-refractivity contribution in [3.05, 3.63) is 24.0 Å². The Morgan fingerprint density at radius 1 is 1.12 bits per heavy atom. The molecule has 1 aromatic rings. The summed E-state index contributed by atoms with van der Waals surface area (Å²) in [6.45, 7) is 0. The molecule has 1 aromatic heterocycles. The standard InChI is InChI=1S/C19H19N5O2/c20-10-17(11-21)15(13-6-5-9-24-13)25-19-8-4-2-1-3-7-14(19)18(17,12-22)16(23)26-19/h5-6,9,14-15,23-24H,1-4,7-8H2. The molecule has 0 radical (unpaired) electrons. The van der Waals surface area contributed by atoms with Crippen molar-refractivity contribution in [2.24, 2.45) is 16.7 Å². The Labute approximate surface area is 151 Å². The molecule has 26 heavy (non-hydrogen) atoms. The average molecular weight is 349 g/mol. The van der Waals surface area contributed by atoms with Gasteiger partial charge in [-0.1, -0.05) is 19.3 Å². The predicted molar refractivity (Wildman–Crippen MR) is 89.1 cm³/mol. The van der Waals surface area contributed by atoms with E-state index in [9.17, 15) is 15.8 Å². The van der Waals surface area contributed by atoms with Crippen LogP contribution in [0.1, 0.15) is 50.3 Å². The third-order valence-corrected chi connectivity index (χ3v) is 6.22. The number of rotatable bonds is 1. The minimum Gasteiger partial charge on any atom is -0.447 e. The van der Waals surface area contributed by atoms with Crippen molar-refractivity contribution in [3.63, 3.8) is 0 Å². The Morgan fingerprint density at radius 2 is 1.88 bits per heavy atom. The van der Waals surface area contributed by atoms with E-state index in [1.165, 1.54) is 0 Å². The van der Waals surface area contributed by atoms with Crippen molar-refractivity contribution in [3.8, 4) is 18.2 Å². The molecule has 3 aliphatic rings. The molecule has 0 aromatic carbocycles. The molecular weight excluding hydrogens is 330 g/mol. The summed E-state index contributed by atoms with van der Waals surface area (Å²) in [4.78, 5) is 3.01. The fraction of sp³-hybridized carbons (Fsp3) is 0.579. The molecule has 0 spiro atoms. The first-order valence-electron chi connectivity index (χ1n) is 8.93. The molecule has 2 aliphatic heterocycles. The minimum atomic E-state index is -1.85. The Bertz CT molecular complexity index is 844. The number of aromatic amines is 1. The first kappa shape index (κ1) is 16.6. The summed E-state index contributed by atoms with van der Waals surface area (Å²) in [5, 5.41) is 38.9. The average Bonchev–Trinajstić information content (AvgIpc) is 3.21. The van der Waals surface area contributed by atoms with Gasteiger partial charge in [-0.25, -0.2) is 0 Å². The van der Waals surface area contributed by atoms with Crippen LogP contribution in [0.2, 0.25) is 0 Å². The van der Waals surface area contributed by atoms with E-state index in [4.69, 9.17) is 14.9 Å². The lowest BCUT2D eigenvalue weighted by Gasteiger charge is -2.50. The van der Waals surface area contributed by atoms with E-state index >= 15 is 0 Å². The largest absolute Gasteiger partial charge is 0.447 e. The van der Waals surface area contributed by atoms with Crippen LogP contribution in [0.15, 0.2) is 18.3 Å². The third kappa shape index (κ3) is 1.75. The van der Waals surface area contributed by atoms with Crippen LogP contribution in [0.4, 0.5) is 0 Å². The van der Waals surface area contributed by atoms with Gasteiger partial charge in [0.15, 0.2) is 5.41 Å². The maximum Gasteiger partial charge on any atom is 0.217 e. The smallest absolute Gasteiger partial charge is 0.217 e. The van der Waals surface area contributed by atoms with E-state index < -0.39 is 28.6 Å². The highest BCUT2D eigenvalue weighted by Crippen LogP contribution is 2.68. The third-order valence-electron chi connectivity index (χ3n) is 6.22. The molecule has 3 fully saturated rings. The number of nitrogens with one attached hydrogen (secondary N) is 2. The zero-order chi connectivity index (χ0) is 18.4. The van der Waals surface area contributed by atoms with Gasteiger partial charge in [0.1, 0.15) is 6.10 Å². The van der Waals surface area contributed by atoms with E-state index in [0.717, 1.165) is 25.7 Å². The number of aromatic nitrogens is 1. The summed E-state index contributed by atoms with van der Waals surface area (Å²) in [5.41, 5.74) is -2.94. The summed E-state index contributed by atoms with van der Waals surface area (Å²) in [5.74, 6) is -1.93. The second-order valence-electron chi connectivity index (χ2n) is 7.32. The first-order valence-corrected chi connectivity index (χ1v) is 8.93. The van der Waals surface area contributed by atoms with Gasteiger partial charge >= 0.3 is 0 Å². The van der Waals surface area contributed by atoms with Gasteiger partial charge < -0.3 is 14.5 Å². The predicted octanol–water partition coefficient (Wildman–Crippen LogP) is 3.30. The Balaban J connectivity index is 1.99. The molecular formula is C19H19N5O2. The maximum atomic E-state index is 10.2. The fourth-order valence-corrected chi connectivity index (χ4v) is 5.00. The number of hydrogen-bond donors (Lipinski definition) is 2. The van der Waals surface area contributed by atoms with Crippen molar-refractivity contribution in [1.82, 2.24) is 4.98 Å². The number of nitrogens with zero attached hydrogens (tertiary/aromatic N) is 3. The summed E-state index contributed by atoms with van der Waals surface area (Å²) in [6, 6.07) is 9.84. The Hall–Kier alpha value is -2.82. The zero-order valence-corrected chi connectivity index (χ0v) is 14.3. The summed E-state index contributed by atoms with van der Waals surface area (Å²) >= 11 is 0. The summed E-state index contributed by atoms with van der Waals surface area (Å²) in [6.07, 6.45) is 5.62. The highest BCUT2D eigenvalue weighted by atomic mass is 16.7. The SMILES string of the molecule is N#CC1(C#N)C(c2ccc[nH]2)OC23CCCCCCC2C1(C#N)C(=N)O3. The highest BCUT2D eigenvalue weighted by molar-refractivity contribution is 5.89. The monoisotopic (exact) mass is 349 g/mol. The van der Waals surface area contributed by atoms with Gasteiger partial charge in [0.2, 0.25) is 17.1 Å². The number of hydrogen-bond acceptors (Lipinski definition) is 6. The lowest BCUT2D eigenvalue weighted by atomic mass is 9.52. The first-order chi connectivity index (χ1) is 12.6. The molecule has 7 nitrogen and oxygen atoms in total. The van der Waals surface area contributed by atoms with Crippen LogP contribution in [0.25, 0.3) is 0 Å². The molecule has 3 heterocycles. The Kier molecular flexibility index (Phi) is 3.58. The lowest BCUT2D eigenvalue weighted by Crippen LogP contribution is -2.59. The maximum absolute atomic E-state index is 10.2. The van der Waals surface area contributed by atoms with Gasteiger partial charge in [-0.3, -0.25) is 5.41 Å². The van der Waals surface area contributed by atoms with E-state index in [1.807, 2.05) is 0 Å². The van der Waals surface area contributed by atoms with Crippen LogP contribution in [-0.2, 0) is 9.47 Å². The van der Waals surface area contributed by atoms with Crippen LogP contribution in [-0.4, -0.2) is 16.7 Å². The van der Waals surface area contributed by atoms with Crippen molar-refractivity contribution in [1.29, 1.82) is 21.2 Å². The van der Waals surface area contributed by atoms with Crippen LogP contribution < -0.4 is 0 Å². The molecule has 132 valence electrons. The second kappa shape index (κ2) is 5.59. The van der Waals surface area contributed by atoms with Crippen molar-refractivity contribution >= 4 is 5.90 Å². The lowest BCUT2D eigenvalue weighted by molar-refractivity contribution is -0.289. The normalized spacial score (nSPS) is 37.8. The van der Waals surface area contributed by atoms with Crippen LogP contribution >= 0.6 is 0 Å². The van der Waals surface area contributed by atoms with Gasteiger partial charge in [0.05, 0.1) is 24.1 Å². The topological polar surface area (TPSA) is 129 Å². The van der Waals surface area contributed by atoms with Gasteiger partial charge in [0.25, 0.3) is 0 Å². The van der Waals surface area contributed by atoms with E-state index in [0.29, 0.717) is 18.5 Å². The summed E-state index contributed by atoms with van der Waals surface area (Å²) < 4.78 is 12.3. The number of nitriles is 3. The number of ether oxygens (including phenoxy) is 2. The Morgan fingerprint density at radius 3 is 2.54 bits per heavy atom.